The highest BCUT2D eigenvalue weighted by atomic mass is 19.1. The lowest BCUT2D eigenvalue weighted by atomic mass is 9.92. The van der Waals surface area contributed by atoms with Gasteiger partial charge in [0.2, 0.25) is 0 Å². The highest BCUT2D eigenvalue weighted by Gasteiger charge is 2.22. The van der Waals surface area contributed by atoms with Crippen LogP contribution in [-0.2, 0) is 6.42 Å². The van der Waals surface area contributed by atoms with Crippen LogP contribution in [0.15, 0.2) is 24.3 Å². The second-order valence-corrected chi connectivity index (χ2v) is 5.75. The van der Waals surface area contributed by atoms with Gasteiger partial charge in [-0.2, -0.15) is 0 Å². The third-order valence-electron chi connectivity index (χ3n) is 4.19. The van der Waals surface area contributed by atoms with E-state index < -0.39 is 0 Å². The Morgan fingerprint density at radius 2 is 2.21 bits per heavy atom. The molecular weight excluding hydrogens is 239 g/mol. The van der Waals surface area contributed by atoms with Crippen molar-refractivity contribution in [1.82, 2.24) is 10.2 Å². The van der Waals surface area contributed by atoms with Gasteiger partial charge in [0.25, 0.3) is 0 Å². The van der Waals surface area contributed by atoms with Crippen molar-refractivity contribution in [3.05, 3.63) is 35.6 Å². The maximum absolute atomic E-state index is 13.5. The number of halogens is 1. The minimum absolute atomic E-state index is 0.0886. The number of hydrogen-bond donors (Lipinski definition) is 1. The molecule has 19 heavy (non-hydrogen) atoms. The molecule has 0 bridgehead atoms. The van der Waals surface area contributed by atoms with Gasteiger partial charge in [-0.15, -0.1) is 0 Å². The molecule has 1 aliphatic heterocycles. The largest absolute Gasteiger partial charge is 0.314 e. The van der Waals surface area contributed by atoms with Gasteiger partial charge in [-0.05, 0) is 63.9 Å². The molecule has 1 aromatic carbocycles. The number of hydrogen-bond acceptors (Lipinski definition) is 2. The van der Waals surface area contributed by atoms with E-state index >= 15 is 0 Å². The molecule has 1 heterocycles. The summed E-state index contributed by atoms with van der Waals surface area (Å²) in [4.78, 5) is 2.41. The molecule has 2 unspecified atom stereocenters. The lowest BCUT2D eigenvalue weighted by Crippen LogP contribution is -2.43. The monoisotopic (exact) mass is 264 g/mol. The zero-order valence-electron chi connectivity index (χ0n) is 12.0. The molecule has 1 saturated heterocycles. The lowest BCUT2D eigenvalue weighted by molar-refractivity contribution is 0.179. The average molecular weight is 264 g/mol. The Morgan fingerprint density at radius 3 is 2.95 bits per heavy atom. The molecule has 2 nitrogen and oxygen atoms in total. The Morgan fingerprint density at radius 1 is 1.42 bits per heavy atom. The molecule has 0 radical (unpaired) electrons. The summed E-state index contributed by atoms with van der Waals surface area (Å²) in [5.41, 5.74) is 0.808. The van der Waals surface area contributed by atoms with Crippen LogP contribution in [0.4, 0.5) is 4.39 Å². The molecule has 0 amide bonds. The summed E-state index contributed by atoms with van der Waals surface area (Å²) < 4.78 is 13.5. The molecule has 1 aliphatic rings. The second-order valence-electron chi connectivity index (χ2n) is 5.75. The Hall–Kier alpha value is -0.930. The highest BCUT2D eigenvalue weighted by Crippen LogP contribution is 2.18. The van der Waals surface area contributed by atoms with Gasteiger partial charge < -0.3 is 10.2 Å². The van der Waals surface area contributed by atoms with Crippen molar-refractivity contribution in [3.63, 3.8) is 0 Å². The predicted octanol–water partition coefficient (Wildman–Crippen LogP) is 2.69. The second kappa shape index (κ2) is 7.01. The number of likely N-dealkylation sites (tertiary alicyclic amines) is 1. The van der Waals surface area contributed by atoms with Crippen LogP contribution in [0.1, 0.15) is 25.3 Å². The van der Waals surface area contributed by atoms with Gasteiger partial charge in [0, 0.05) is 12.6 Å². The summed E-state index contributed by atoms with van der Waals surface area (Å²) in [6, 6.07) is 7.56. The van der Waals surface area contributed by atoms with Crippen molar-refractivity contribution < 1.29 is 4.39 Å². The van der Waals surface area contributed by atoms with Crippen LogP contribution in [-0.4, -0.2) is 37.6 Å². The van der Waals surface area contributed by atoms with Crippen molar-refractivity contribution in [1.29, 1.82) is 0 Å². The molecule has 1 aromatic rings. The Balaban J connectivity index is 1.74. The van der Waals surface area contributed by atoms with Crippen LogP contribution in [0.2, 0.25) is 0 Å². The van der Waals surface area contributed by atoms with E-state index in [0.717, 1.165) is 24.4 Å². The summed E-state index contributed by atoms with van der Waals surface area (Å²) in [6.07, 6.45) is 3.36. The quantitative estimate of drug-likeness (QED) is 0.879. The predicted molar refractivity (Wildman–Crippen MR) is 77.8 cm³/mol. The number of piperidine rings is 1. The number of benzene rings is 1. The summed E-state index contributed by atoms with van der Waals surface area (Å²) in [5.74, 6) is 0.633. The van der Waals surface area contributed by atoms with Crippen molar-refractivity contribution in [2.45, 2.75) is 32.2 Å². The molecular formula is C16H25FN2. The number of rotatable bonds is 5. The van der Waals surface area contributed by atoms with E-state index in [0.29, 0.717) is 6.04 Å². The fraction of sp³-hybridized carbons (Fsp3) is 0.625. The fourth-order valence-electron chi connectivity index (χ4n) is 2.92. The van der Waals surface area contributed by atoms with Crippen LogP contribution >= 0.6 is 0 Å². The maximum atomic E-state index is 13.5. The smallest absolute Gasteiger partial charge is 0.126 e. The van der Waals surface area contributed by atoms with Gasteiger partial charge in [-0.1, -0.05) is 18.2 Å². The number of nitrogens with zero attached hydrogens (tertiary/aromatic N) is 1. The van der Waals surface area contributed by atoms with Crippen molar-refractivity contribution in [2.75, 3.05) is 26.7 Å². The average Bonchev–Trinajstić information content (AvgIpc) is 2.41. The third-order valence-corrected chi connectivity index (χ3v) is 4.19. The third kappa shape index (κ3) is 4.29. The van der Waals surface area contributed by atoms with Crippen LogP contribution in [0.3, 0.4) is 0 Å². The van der Waals surface area contributed by atoms with Gasteiger partial charge in [-0.25, -0.2) is 4.39 Å². The first-order valence-corrected chi connectivity index (χ1v) is 7.32. The van der Waals surface area contributed by atoms with Crippen LogP contribution in [0.5, 0.6) is 0 Å². The van der Waals surface area contributed by atoms with Crippen LogP contribution in [0, 0.1) is 11.7 Å². The highest BCUT2D eigenvalue weighted by molar-refractivity contribution is 5.17. The zero-order chi connectivity index (χ0) is 13.7. The van der Waals surface area contributed by atoms with Gasteiger partial charge in [0.15, 0.2) is 0 Å². The molecule has 0 aromatic heterocycles. The molecule has 0 spiro atoms. The summed E-state index contributed by atoms with van der Waals surface area (Å²) >= 11 is 0. The van der Waals surface area contributed by atoms with Gasteiger partial charge >= 0.3 is 0 Å². The Kier molecular flexibility index (Phi) is 5.34. The van der Waals surface area contributed by atoms with Gasteiger partial charge in [0.1, 0.15) is 5.82 Å². The Bertz CT molecular complexity index is 394. The SMILES string of the molecule is CC(NCCc1ccccc1F)C1CCCN(C)C1. The molecule has 0 saturated carbocycles. The van der Waals surface area contributed by atoms with E-state index in [2.05, 4.69) is 24.2 Å². The molecule has 0 aliphatic carbocycles. The molecule has 2 atom stereocenters. The van der Waals surface area contributed by atoms with E-state index in [9.17, 15) is 4.39 Å². The number of nitrogens with one attached hydrogen (secondary N) is 1. The van der Waals surface area contributed by atoms with E-state index in [1.807, 2.05) is 12.1 Å². The summed E-state index contributed by atoms with van der Waals surface area (Å²) in [5, 5.41) is 3.56. The van der Waals surface area contributed by atoms with Crippen molar-refractivity contribution >= 4 is 0 Å². The first kappa shape index (κ1) is 14.5. The minimum atomic E-state index is -0.0886. The summed E-state index contributed by atoms with van der Waals surface area (Å²) in [7, 11) is 2.19. The van der Waals surface area contributed by atoms with E-state index in [1.54, 1.807) is 6.07 Å². The molecule has 1 N–H and O–H groups in total. The van der Waals surface area contributed by atoms with Gasteiger partial charge in [-0.3, -0.25) is 0 Å². The topological polar surface area (TPSA) is 15.3 Å². The molecule has 3 heteroatoms. The molecule has 106 valence electrons. The minimum Gasteiger partial charge on any atom is -0.314 e. The van der Waals surface area contributed by atoms with E-state index in [1.165, 1.54) is 32.0 Å². The lowest BCUT2D eigenvalue weighted by Gasteiger charge is -2.34. The van der Waals surface area contributed by atoms with Gasteiger partial charge in [0.05, 0.1) is 0 Å². The normalized spacial score (nSPS) is 22.4. The van der Waals surface area contributed by atoms with Crippen LogP contribution in [0.25, 0.3) is 0 Å². The fourth-order valence-corrected chi connectivity index (χ4v) is 2.92. The maximum Gasteiger partial charge on any atom is 0.126 e. The zero-order valence-corrected chi connectivity index (χ0v) is 12.0. The molecule has 2 rings (SSSR count). The first-order chi connectivity index (χ1) is 9.16. The van der Waals surface area contributed by atoms with E-state index in [4.69, 9.17) is 0 Å². The summed E-state index contributed by atoms with van der Waals surface area (Å²) in [6.45, 7) is 5.50. The first-order valence-electron chi connectivity index (χ1n) is 7.32. The van der Waals surface area contributed by atoms with Crippen molar-refractivity contribution in [3.8, 4) is 0 Å². The van der Waals surface area contributed by atoms with Crippen LogP contribution < -0.4 is 5.32 Å². The standard InChI is InChI=1S/C16H25FN2/c1-13(15-7-5-11-19(2)12-15)18-10-9-14-6-3-4-8-16(14)17/h3-4,6,8,13,15,18H,5,7,9-12H2,1-2H3. The van der Waals surface area contributed by atoms with Crippen molar-refractivity contribution in [2.24, 2.45) is 5.92 Å². The molecule has 1 fully saturated rings. The van der Waals surface area contributed by atoms with E-state index in [-0.39, 0.29) is 5.82 Å². The Labute approximate surface area is 116 Å².